The fourth-order valence-electron chi connectivity index (χ4n) is 5.22. The molecule has 0 saturated carbocycles. The first kappa shape index (κ1) is 23.9. The highest BCUT2D eigenvalue weighted by atomic mass is 16.5. The largest absolute Gasteiger partial charge is 0.497 e. The molecule has 6 heteroatoms. The maximum atomic E-state index is 13.4. The molecule has 0 spiro atoms. The fraction of sp³-hybridized carbons (Fsp3) is 0.720. The number of rotatable bonds is 9. The zero-order chi connectivity index (χ0) is 22.2. The predicted molar refractivity (Wildman–Crippen MR) is 124 cm³/mol. The molecule has 1 aromatic rings. The van der Waals surface area contributed by atoms with Gasteiger partial charge in [0.2, 0.25) is 0 Å². The van der Waals surface area contributed by atoms with Crippen molar-refractivity contribution in [2.75, 3.05) is 47.0 Å². The topological polar surface area (TPSA) is 54.0 Å². The molecule has 2 aliphatic rings. The van der Waals surface area contributed by atoms with E-state index < -0.39 is 0 Å². The minimum Gasteiger partial charge on any atom is -0.497 e. The van der Waals surface area contributed by atoms with E-state index in [0.29, 0.717) is 25.1 Å². The van der Waals surface area contributed by atoms with Crippen LogP contribution < -0.4 is 10.1 Å². The highest BCUT2D eigenvalue weighted by Crippen LogP contribution is 2.32. The number of methoxy groups -OCH3 is 2. The van der Waals surface area contributed by atoms with Gasteiger partial charge >= 0.3 is 6.03 Å². The monoisotopic (exact) mass is 431 g/mol. The van der Waals surface area contributed by atoms with Crippen LogP contribution >= 0.6 is 0 Å². The van der Waals surface area contributed by atoms with Crippen LogP contribution in [-0.4, -0.2) is 68.9 Å². The Labute approximate surface area is 188 Å². The van der Waals surface area contributed by atoms with Crippen molar-refractivity contribution in [2.24, 2.45) is 11.8 Å². The highest BCUT2D eigenvalue weighted by molar-refractivity contribution is 5.74. The number of benzene rings is 1. The average molecular weight is 432 g/mol. The Morgan fingerprint density at radius 3 is 2.55 bits per heavy atom. The van der Waals surface area contributed by atoms with E-state index in [1.165, 1.54) is 45.2 Å². The number of fused-ring (bicyclic) bond motifs is 1. The molecule has 2 saturated heterocycles. The molecule has 3 rings (SSSR count). The van der Waals surface area contributed by atoms with Crippen molar-refractivity contribution < 1.29 is 14.3 Å². The molecule has 0 aliphatic carbocycles. The number of ether oxygens (including phenoxy) is 2. The molecule has 0 aromatic heterocycles. The summed E-state index contributed by atoms with van der Waals surface area (Å²) in [6.07, 6.45) is 6.35. The first-order valence-corrected chi connectivity index (χ1v) is 12.0. The lowest BCUT2D eigenvalue weighted by Crippen LogP contribution is -2.53. The quantitative estimate of drug-likeness (QED) is 0.633. The molecule has 3 unspecified atom stereocenters. The van der Waals surface area contributed by atoms with E-state index in [4.69, 9.17) is 9.47 Å². The Morgan fingerprint density at radius 1 is 1.13 bits per heavy atom. The molecule has 2 fully saturated rings. The van der Waals surface area contributed by atoms with Crippen LogP contribution in [0.4, 0.5) is 4.79 Å². The third-order valence-corrected chi connectivity index (χ3v) is 6.96. The van der Waals surface area contributed by atoms with Gasteiger partial charge in [0, 0.05) is 26.2 Å². The van der Waals surface area contributed by atoms with Gasteiger partial charge in [-0.2, -0.15) is 0 Å². The van der Waals surface area contributed by atoms with E-state index in [2.05, 4.69) is 24.1 Å². The van der Waals surface area contributed by atoms with Gasteiger partial charge in [-0.3, -0.25) is 0 Å². The number of piperidine rings is 2. The Balaban J connectivity index is 1.69. The van der Waals surface area contributed by atoms with Crippen LogP contribution in [0.5, 0.6) is 5.75 Å². The first-order chi connectivity index (χ1) is 15.0. The second kappa shape index (κ2) is 11.7. The summed E-state index contributed by atoms with van der Waals surface area (Å²) in [4.78, 5) is 18.1. The van der Waals surface area contributed by atoms with E-state index in [1.807, 2.05) is 29.2 Å². The second-order valence-electron chi connectivity index (χ2n) is 9.38. The van der Waals surface area contributed by atoms with Crippen molar-refractivity contribution >= 4 is 6.03 Å². The van der Waals surface area contributed by atoms with E-state index in [1.54, 1.807) is 14.2 Å². The van der Waals surface area contributed by atoms with Crippen LogP contribution in [-0.2, 0) is 4.74 Å². The van der Waals surface area contributed by atoms with Crippen molar-refractivity contribution in [3.05, 3.63) is 29.8 Å². The Morgan fingerprint density at radius 2 is 1.87 bits per heavy atom. The lowest BCUT2D eigenvalue weighted by atomic mass is 9.83. The van der Waals surface area contributed by atoms with Crippen LogP contribution in [0.2, 0.25) is 0 Å². The normalized spacial score (nSPS) is 22.6. The van der Waals surface area contributed by atoms with E-state index >= 15 is 0 Å². The molecule has 0 radical (unpaired) electrons. The summed E-state index contributed by atoms with van der Waals surface area (Å²) in [6, 6.07) is 8.61. The molecule has 3 atom stereocenters. The first-order valence-electron chi connectivity index (χ1n) is 12.0. The number of carbonyl (C=O) groups is 1. The molecule has 2 amide bonds. The van der Waals surface area contributed by atoms with Crippen LogP contribution in [0, 0.1) is 11.8 Å². The lowest BCUT2D eigenvalue weighted by Gasteiger charge is -2.45. The van der Waals surface area contributed by atoms with Gasteiger partial charge in [-0.1, -0.05) is 32.4 Å². The summed E-state index contributed by atoms with van der Waals surface area (Å²) < 4.78 is 10.6. The molecular formula is C25H41N3O3. The van der Waals surface area contributed by atoms with Crippen LogP contribution in [0.3, 0.4) is 0 Å². The number of hydrogen-bond acceptors (Lipinski definition) is 4. The van der Waals surface area contributed by atoms with Gasteiger partial charge in [-0.15, -0.1) is 0 Å². The summed E-state index contributed by atoms with van der Waals surface area (Å²) >= 11 is 0. The van der Waals surface area contributed by atoms with Crippen molar-refractivity contribution in [3.8, 4) is 5.75 Å². The predicted octanol–water partition coefficient (Wildman–Crippen LogP) is 4.31. The molecule has 2 heterocycles. The zero-order valence-electron chi connectivity index (χ0n) is 19.8. The number of amides is 2. The SMILES string of the molecule is COCCN(CC1CCCN2CCCCC12)C(=O)NC(c1ccc(OC)cc1)C(C)C. The maximum absolute atomic E-state index is 13.4. The molecule has 31 heavy (non-hydrogen) atoms. The van der Waals surface area contributed by atoms with Crippen molar-refractivity contribution in [2.45, 2.75) is 58.0 Å². The Bertz CT molecular complexity index is 677. The third-order valence-electron chi connectivity index (χ3n) is 6.96. The van der Waals surface area contributed by atoms with Crippen LogP contribution in [0.15, 0.2) is 24.3 Å². The Kier molecular flexibility index (Phi) is 9.02. The number of urea groups is 1. The van der Waals surface area contributed by atoms with Gasteiger partial charge in [-0.05, 0) is 68.3 Å². The van der Waals surface area contributed by atoms with Gasteiger partial charge in [0.15, 0.2) is 0 Å². The standard InChI is InChI=1S/C25H41N3O3/c1-19(2)24(20-10-12-22(31-4)13-11-20)26-25(29)28(16-17-30-3)18-21-8-7-15-27-14-6-5-9-23(21)27/h10-13,19,21,23-24H,5-9,14-18H2,1-4H3,(H,26,29). The number of carbonyl (C=O) groups excluding carboxylic acids is 1. The Hall–Kier alpha value is -1.79. The van der Waals surface area contributed by atoms with Crippen LogP contribution in [0.25, 0.3) is 0 Å². The molecular weight excluding hydrogens is 390 g/mol. The summed E-state index contributed by atoms with van der Waals surface area (Å²) in [5.41, 5.74) is 1.10. The van der Waals surface area contributed by atoms with E-state index in [0.717, 1.165) is 17.9 Å². The second-order valence-corrected chi connectivity index (χ2v) is 9.38. The van der Waals surface area contributed by atoms with E-state index in [9.17, 15) is 4.79 Å². The van der Waals surface area contributed by atoms with Crippen LogP contribution in [0.1, 0.15) is 57.6 Å². The van der Waals surface area contributed by atoms with Gasteiger partial charge in [0.1, 0.15) is 5.75 Å². The highest BCUT2D eigenvalue weighted by Gasteiger charge is 2.35. The van der Waals surface area contributed by atoms with Crippen molar-refractivity contribution in [1.29, 1.82) is 0 Å². The number of nitrogens with zero attached hydrogens (tertiary/aromatic N) is 2. The van der Waals surface area contributed by atoms with E-state index in [-0.39, 0.29) is 18.0 Å². The average Bonchev–Trinajstić information content (AvgIpc) is 2.80. The minimum absolute atomic E-state index is 0.0134. The van der Waals surface area contributed by atoms with Gasteiger partial charge in [0.25, 0.3) is 0 Å². The molecule has 1 N–H and O–H groups in total. The lowest BCUT2D eigenvalue weighted by molar-refractivity contribution is 0.0417. The van der Waals surface area contributed by atoms with Crippen molar-refractivity contribution in [1.82, 2.24) is 15.1 Å². The summed E-state index contributed by atoms with van der Waals surface area (Å²) in [6.45, 7) is 8.73. The molecule has 174 valence electrons. The minimum atomic E-state index is -0.0408. The van der Waals surface area contributed by atoms with Crippen molar-refractivity contribution in [3.63, 3.8) is 0 Å². The third kappa shape index (κ3) is 6.36. The maximum Gasteiger partial charge on any atom is 0.317 e. The fourth-order valence-corrected chi connectivity index (χ4v) is 5.22. The summed E-state index contributed by atoms with van der Waals surface area (Å²) in [5, 5.41) is 3.32. The summed E-state index contributed by atoms with van der Waals surface area (Å²) in [7, 11) is 3.37. The van der Waals surface area contributed by atoms with Gasteiger partial charge < -0.3 is 24.6 Å². The number of nitrogens with one attached hydrogen (secondary N) is 1. The molecule has 0 bridgehead atoms. The summed E-state index contributed by atoms with van der Waals surface area (Å²) in [5.74, 6) is 1.66. The molecule has 6 nitrogen and oxygen atoms in total. The van der Waals surface area contributed by atoms with Gasteiger partial charge in [-0.25, -0.2) is 4.79 Å². The molecule has 2 aliphatic heterocycles. The smallest absolute Gasteiger partial charge is 0.317 e. The number of hydrogen-bond donors (Lipinski definition) is 1. The van der Waals surface area contributed by atoms with Gasteiger partial charge in [0.05, 0.1) is 19.8 Å². The molecule has 1 aromatic carbocycles. The zero-order valence-corrected chi connectivity index (χ0v) is 19.8.